The molecule has 2 N–H and O–H groups in total. The van der Waals surface area contributed by atoms with E-state index in [1.54, 1.807) is 6.07 Å². The summed E-state index contributed by atoms with van der Waals surface area (Å²) in [6, 6.07) is 4.32. The zero-order valence-electron chi connectivity index (χ0n) is 10.7. The molecule has 1 aromatic rings. The highest BCUT2D eigenvalue weighted by Gasteiger charge is 2.11. The molecule has 0 aliphatic heterocycles. The maximum Gasteiger partial charge on any atom is 0.165 e. The van der Waals surface area contributed by atoms with Crippen LogP contribution in [0.4, 0.5) is 4.39 Å². The van der Waals surface area contributed by atoms with E-state index in [9.17, 15) is 9.18 Å². The van der Waals surface area contributed by atoms with Crippen molar-refractivity contribution in [1.29, 1.82) is 0 Å². The molecule has 3 nitrogen and oxygen atoms in total. The number of hydrogen-bond acceptors (Lipinski definition) is 3. The maximum atomic E-state index is 13.6. The van der Waals surface area contributed by atoms with Gasteiger partial charge in [0, 0.05) is 12.5 Å². The second-order valence-electron chi connectivity index (χ2n) is 4.22. The van der Waals surface area contributed by atoms with E-state index in [2.05, 4.69) is 0 Å². The molecule has 0 saturated carbocycles. The van der Waals surface area contributed by atoms with Crippen LogP contribution in [0.5, 0.6) is 5.75 Å². The van der Waals surface area contributed by atoms with Gasteiger partial charge in [0.2, 0.25) is 0 Å². The van der Waals surface area contributed by atoms with E-state index in [1.165, 1.54) is 19.2 Å². The molecule has 0 aliphatic rings. The Kier molecular flexibility index (Phi) is 6.36. The quantitative estimate of drug-likeness (QED) is 0.572. The summed E-state index contributed by atoms with van der Waals surface area (Å²) in [5.74, 6) is -0.240. The van der Waals surface area contributed by atoms with Crippen LogP contribution >= 0.6 is 0 Å². The maximum absolute atomic E-state index is 13.6. The smallest absolute Gasteiger partial charge is 0.165 e. The third-order valence-corrected chi connectivity index (χ3v) is 2.83. The second-order valence-corrected chi connectivity index (χ2v) is 4.22. The average Bonchev–Trinajstić information content (AvgIpc) is 2.38. The largest absolute Gasteiger partial charge is 0.497 e. The van der Waals surface area contributed by atoms with Gasteiger partial charge in [-0.05, 0) is 31.5 Å². The summed E-state index contributed by atoms with van der Waals surface area (Å²) in [5.41, 5.74) is 5.53. The molecule has 100 valence electrons. The third kappa shape index (κ3) is 4.45. The number of carbonyl (C=O) groups is 1. The fraction of sp³-hybridized carbons (Fsp3) is 0.500. The number of carbonyl (C=O) groups excluding carboxylic acids is 1. The third-order valence-electron chi connectivity index (χ3n) is 2.83. The summed E-state index contributed by atoms with van der Waals surface area (Å²) >= 11 is 0. The normalized spacial score (nSPS) is 10.4. The van der Waals surface area contributed by atoms with Crippen LogP contribution in [0.15, 0.2) is 18.2 Å². The molecule has 0 atom stereocenters. The number of rotatable bonds is 8. The van der Waals surface area contributed by atoms with E-state index >= 15 is 0 Å². The highest BCUT2D eigenvalue weighted by Crippen LogP contribution is 2.18. The second kappa shape index (κ2) is 7.82. The Morgan fingerprint density at radius 3 is 2.61 bits per heavy atom. The van der Waals surface area contributed by atoms with Crippen LogP contribution in [-0.4, -0.2) is 19.4 Å². The predicted octanol–water partition coefficient (Wildman–Crippen LogP) is 2.93. The van der Waals surface area contributed by atoms with Crippen LogP contribution < -0.4 is 10.5 Å². The van der Waals surface area contributed by atoms with Crippen molar-refractivity contribution in [2.75, 3.05) is 13.7 Å². The predicted molar refractivity (Wildman–Crippen MR) is 69.4 cm³/mol. The number of halogens is 1. The minimum absolute atomic E-state index is 0.148. The minimum atomic E-state index is -0.513. The van der Waals surface area contributed by atoms with E-state index in [0.29, 0.717) is 18.7 Å². The Morgan fingerprint density at radius 1 is 1.28 bits per heavy atom. The van der Waals surface area contributed by atoms with Crippen molar-refractivity contribution < 1.29 is 13.9 Å². The van der Waals surface area contributed by atoms with Crippen molar-refractivity contribution in [2.45, 2.75) is 32.1 Å². The Bertz CT molecular complexity index is 393. The van der Waals surface area contributed by atoms with Gasteiger partial charge in [-0.1, -0.05) is 12.8 Å². The van der Waals surface area contributed by atoms with Crippen molar-refractivity contribution in [3.63, 3.8) is 0 Å². The molecule has 0 amide bonds. The highest BCUT2D eigenvalue weighted by molar-refractivity contribution is 5.96. The van der Waals surface area contributed by atoms with E-state index in [4.69, 9.17) is 10.5 Å². The van der Waals surface area contributed by atoms with Gasteiger partial charge in [-0.3, -0.25) is 4.79 Å². The Labute approximate surface area is 107 Å². The molecule has 0 unspecified atom stereocenters. The number of Topliss-reactive ketones (excluding diaryl/α,β-unsaturated/α-hetero) is 1. The van der Waals surface area contributed by atoms with E-state index in [1.807, 2.05) is 0 Å². The van der Waals surface area contributed by atoms with Crippen LogP contribution in [-0.2, 0) is 0 Å². The number of benzene rings is 1. The first kappa shape index (κ1) is 14.6. The van der Waals surface area contributed by atoms with Gasteiger partial charge in [-0.25, -0.2) is 4.39 Å². The highest BCUT2D eigenvalue weighted by atomic mass is 19.1. The molecule has 0 fully saturated rings. The van der Waals surface area contributed by atoms with Crippen molar-refractivity contribution in [2.24, 2.45) is 5.73 Å². The first-order valence-electron chi connectivity index (χ1n) is 6.26. The summed E-state index contributed by atoms with van der Waals surface area (Å²) in [5, 5.41) is 0. The fourth-order valence-corrected chi connectivity index (χ4v) is 1.77. The first-order chi connectivity index (χ1) is 8.69. The average molecular weight is 253 g/mol. The summed E-state index contributed by atoms with van der Waals surface area (Å²) < 4.78 is 18.5. The number of hydrogen-bond donors (Lipinski definition) is 1. The van der Waals surface area contributed by atoms with Crippen molar-refractivity contribution in [3.8, 4) is 5.75 Å². The van der Waals surface area contributed by atoms with Crippen LogP contribution in [0.25, 0.3) is 0 Å². The lowest BCUT2D eigenvalue weighted by molar-refractivity contribution is 0.0975. The van der Waals surface area contributed by atoms with Gasteiger partial charge in [0.15, 0.2) is 5.78 Å². The van der Waals surface area contributed by atoms with Gasteiger partial charge in [0.1, 0.15) is 11.6 Å². The SMILES string of the molecule is COc1ccc(C(=O)CCCCCCN)c(F)c1. The molecule has 0 spiro atoms. The van der Waals surface area contributed by atoms with Crippen LogP contribution in [0.1, 0.15) is 42.5 Å². The van der Waals surface area contributed by atoms with Crippen molar-refractivity contribution >= 4 is 5.78 Å². The molecule has 0 aliphatic carbocycles. The van der Waals surface area contributed by atoms with Crippen molar-refractivity contribution in [3.05, 3.63) is 29.6 Å². The van der Waals surface area contributed by atoms with E-state index in [-0.39, 0.29) is 11.3 Å². The van der Waals surface area contributed by atoms with Gasteiger partial charge >= 0.3 is 0 Å². The number of ether oxygens (including phenoxy) is 1. The van der Waals surface area contributed by atoms with Gasteiger partial charge in [0.25, 0.3) is 0 Å². The summed E-state index contributed by atoms with van der Waals surface area (Å²) in [7, 11) is 1.47. The fourth-order valence-electron chi connectivity index (χ4n) is 1.77. The molecule has 0 heterocycles. The topological polar surface area (TPSA) is 52.3 Å². The van der Waals surface area contributed by atoms with Gasteiger partial charge in [-0.15, -0.1) is 0 Å². The molecular weight excluding hydrogens is 233 g/mol. The van der Waals surface area contributed by atoms with E-state index in [0.717, 1.165) is 25.7 Å². The molecular formula is C14H20FNO2. The summed E-state index contributed by atoms with van der Waals surface area (Å²) in [6.07, 6.45) is 4.12. The number of nitrogens with two attached hydrogens (primary N) is 1. The minimum Gasteiger partial charge on any atom is -0.497 e. The number of unbranched alkanes of at least 4 members (excludes halogenated alkanes) is 3. The standard InChI is InChI=1S/C14H20FNO2/c1-18-11-7-8-12(13(15)10-11)14(17)6-4-2-3-5-9-16/h7-8,10H,2-6,9,16H2,1H3. The van der Waals surface area contributed by atoms with Crippen LogP contribution in [0.3, 0.4) is 0 Å². The molecule has 0 bridgehead atoms. The molecule has 0 aromatic heterocycles. The monoisotopic (exact) mass is 253 g/mol. The zero-order valence-corrected chi connectivity index (χ0v) is 10.7. The van der Waals surface area contributed by atoms with E-state index < -0.39 is 5.82 Å². The molecule has 0 saturated heterocycles. The Hall–Kier alpha value is -1.42. The summed E-state index contributed by atoms with van der Waals surface area (Å²) in [6.45, 7) is 0.682. The molecule has 1 rings (SSSR count). The first-order valence-corrected chi connectivity index (χ1v) is 6.26. The summed E-state index contributed by atoms with van der Waals surface area (Å²) in [4.78, 5) is 11.8. The lowest BCUT2D eigenvalue weighted by Crippen LogP contribution is -2.03. The van der Waals surface area contributed by atoms with Crippen LogP contribution in [0, 0.1) is 5.82 Å². The number of ketones is 1. The Balaban J connectivity index is 2.46. The Morgan fingerprint density at radius 2 is 2.00 bits per heavy atom. The van der Waals surface area contributed by atoms with Crippen molar-refractivity contribution in [1.82, 2.24) is 0 Å². The molecule has 0 radical (unpaired) electrons. The van der Waals surface area contributed by atoms with Gasteiger partial charge < -0.3 is 10.5 Å². The van der Waals surface area contributed by atoms with Gasteiger partial charge in [-0.2, -0.15) is 0 Å². The molecule has 4 heteroatoms. The lowest BCUT2D eigenvalue weighted by Gasteiger charge is -2.05. The molecule has 18 heavy (non-hydrogen) atoms. The number of methoxy groups -OCH3 is 1. The lowest BCUT2D eigenvalue weighted by atomic mass is 10.0. The van der Waals surface area contributed by atoms with Gasteiger partial charge in [0.05, 0.1) is 12.7 Å². The molecule has 1 aromatic carbocycles. The zero-order chi connectivity index (χ0) is 13.4. The van der Waals surface area contributed by atoms with Crippen LogP contribution in [0.2, 0.25) is 0 Å².